The van der Waals surface area contributed by atoms with Crippen molar-refractivity contribution in [3.05, 3.63) is 29.6 Å². The minimum atomic E-state index is -0.422. The third kappa shape index (κ3) is 5.23. The van der Waals surface area contributed by atoms with Gasteiger partial charge in [-0.15, -0.1) is 12.6 Å². The normalized spacial score (nSPS) is 12.4. The molecule has 0 saturated heterocycles. The Morgan fingerprint density at radius 2 is 1.84 bits per heavy atom. The molecule has 1 aromatic rings. The van der Waals surface area contributed by atoms with E-state index in [4.69, 9.17) is 0 Å². The van der Waals surface area contributed by atoms with E-state index in [1.807, 2.05) is 13.8 Å². The molecule has 0 fully saturated rings. The van der Waals surface area contributed by atoms with Crippen LogP contribution in [0.1, 0.15) is 51.4 Å². The van der Waals surface area contributed by atoms with Crippen molar-refractivity contribution in [1.29, 1.82) is 0 Å². The molecule has 0 aliphatic rings. The topological polar surface area (TPSA) is 29.1 Å². The van der Waals surface area contributed by atoms with Crippen molar-refractivity contribution in [3.8, 4) is 0 Å². The summed E-state index contributed by atoms with van der Waals surface area (Å²) in [7, 11) is 0. The van der Waals surface area contributed by atoms with Gasteiger partial charge in [0.15, 0.2) is 0 Å². The maximum absolute atomic E-state index is 13.1. The van der Waals surface area contributed by atoms with Crippen molar-refractivity contribution < 1.29 is 9.18 Å². The maximum atomic E-state index is 13.1. The van der Waals surface area contributed by atoms with Crippen molar-refractivity contribution in [2.45, 2.75) is 51.5 Å². The highest BCUT2D eigenvalue weighted by molar-refractivity contribution is 7.80. The van der Waals surface area contributed by atoms with E-state index in [0.717, 1.165) is 6.42 Å². The summed E-state index contributed by atoms with van der Waals surface area (Å²) in [6, 6.07) is 4.17. The van der Waals surface area contributed by atoms with Crippen LogP contribution in [0.2, 0.25) is 0 Å². The van der Waals surface area contributed by atoms with E-state index in [-0.39, 0.29) is 21.8 Å². The van der Waals surface area contributed by atoms with E-state index in [0.29, 0.717) is 5.56 Å². The zero-order chi connectivity index (χ0) is 14.8. The molecule has 2 nitrogen and oxygen atoms in total. The monoisotopic (exact) mass is 283 g/mol. The third-order valence-corrected chi connectivity index (χ3v) is 2.98. The van der Waals surface area contributed by atoms with Crippen molar-refractivity contribution in [2.75, 3.05) is 0 Å². The summed E-state index contributed by atoms with van der Waals surface area (Å²) in [6.07, 6.45) is 0.848. The Kier molecular flexibility index (Phi) is 4.67. The first-order valence-corrected chi connectivity index (χ1v) is 6.76. The van der Waals surface area contributed by atoms with Crippen molar-refractivity contribution in [2.24, 2.45) is 5.41 Å². The molecule has 0 aromatic heterocycles. The molecular weight excluding hydrogens is 261 g/mol. The summed E-state index contributed by atoms with van der Waals surface area (Å²) < 4.78 is 13.1. The summed E-state index contributed by atoms with van der Waals surface area (Å²) in [6.45, 7) is 10.4. The molecule has 1 N–H and O–H groups in total. The number of carbonyl (C=O) groups excluding carboxylic acids is 1. The second-order valence-electron chi connectivity index (χ2n) is 6.74. The molecule has 0 heterocycles. The largest absolute Gasteiger partial charge is 0.347 e. The molecule has 0 atom stereocenters. The number of rotatable bonds is 3. The molecule has 0 aliphatic heterocycles. The molecule has 4 heteroatoms. The molecule has 19 heavy (non-hydrogen) atoms. The zero-order valence-corrected chi connectivity index (χ0v) is 13.1. The number of amides is 1. The van der Waals surface area contributed by atoms with Gasteiger partial charge in [-0.05, 0) is 43.9 Å². The molecule has 106 valence electrons. The first-order valence-electron chi connectivity index (χ1n) is 6.31. The molecule has 0 bridgehead atoms. The fraction of sp³-hybridized carbons (Fsp3) is 0.533. The standard InChI is InChI=1S/C15H22FNOS/c1-14(2,3)9-15(4,5)17-13(18)10-6-7-11(16)12(19)8-10/h6-8,19H,9H2,1-5H3,(H,17,18). The van der Waals surface area contributed by atoms with E-state index >= 15 is 0 Å². The van der Waals surface area contributed by atoms with Crippen molar-refractivity contribution >= 4 is 18.5 Å². The molecule has 0 radical (unpaired) electrons. The number of benzene rings is 1. The van der Waals surface area contributed by atoms with Gasteiger partial charge in [0.25, 0.3) is 5.91 Å². The number of halogens is 1. The molecule has 0 spiro atoms. The van der Waals surface area contributed by atoms with Crippen LogP contribution in [0.15, 0.2) is 23.1 Å². The molecule has 0 saturated carbocycles. The lowest BCUT2D eigenvalue weighted by Gasteiger charge is -2.33. The number of hydrogen-bond acceptors (Lipinski definition) is 2. The maximum Gasteiger partial charge on any atom is 0.251 e. The average molecular weight is 283 g/mol. The van der Waals surface area contributed by atoms with Gasteiger partial charge in [-0.2, -0.15) is 0 Å². The zero-order valence-electron chi connectivity index (χ0n) is 12.2. The molecule has 0 aliphatic carbocycles. The van der Waals surface area contributed by atoms with Crippen LogP contribution in [0.25, 0.3) is 0 Å². The Morgan fingerprint density at radius 1 is 1.26 bits per heavy atom. The van der Waals surface area contributed by atoms with Crippen LogP contribution in [0.3, 0.4) is 0 Å². The quantitative estimate of drug-likeness (QED) is 0.805. The van der Waals surface area contributed by atoms with Crippen LogP contribution in [-0.4, -0.2) is 11.4 Å². The van der Waals surface area contributed by atoms with Crippen LogP contribution in [0.5, 0.6) is 0 Å². The minimum absolute atomic E-state index is 0.119. The van der Waals surface area contributed by atoms with Gasteiger partial charge in [-0.3, -0.25) is 4.79 Å². The van der Waals surface area contributed by atoms with Gasteiger partial charge < -0.3 is 5.32 Å². The fourth-order valence-electron chi connectivity index (χ4n) is 2.40. The number of nitrogens with one attached hydrogen (secondary N) is 1. The first-order chi connectivity index (χ1) is 8.50. The minimum Gasteiger partial charge on any atom is -0.347 e. The van der Waals surface area contributed by atoms with E-state index in [9.17, 15) is 9.18 Å². The third-order valence-electron chi connectivity index (χ3n) is 2.63. The molecule has 1 aromatic carbocycles. The Hall–Kier alpha value is -1.03. The Morgan fingerprint density at radius 3 is 2.32 bits per heavy atom. The molecule has 1 amide bonds. The number of carbonyl (C=O) groups is 1. The smallest absolute Gasteiger partial charge is 0.251 e. The second kappa shape index (κ2) is 5.53. The lowest BCUT2D eigenvalue weighted by atomic mass is 9.81. The molecule has 1 rings (SSSR count). The van der Waals surface area contributed by atoms with Gasteiger partial charge in [-0.25, -0.2) is 4.39 Å². The van der Waals surface area contributed by atoms with Gasteiger partial charge in [0.05, 0.1) is 0 Å². The highest BCUT2D eigenvalue weighted by atomic mass is 32.1. The molecule has 0 unspecified atom stereocenters. The van der Waals surface area contributed by atoms with Gasteiger partial charge >= 0.3 is 0 Å². The predicted octanol–water partition coefficient (Wildman–Crippen LogP) is 4.06. The lowest BCUT2D eigenvalue weighted by molar-refractivity contribution is 0.0891. The van der Waals surface area contributed by atoms with Crippen molar-refractivity contribution in [3.63, 3.8) is 0 Å². The van der Waals surface area contributed by atoms with E-state index in [2.05, 4.69) is 38.7 Å². The van der Waals surface area contributed by atoms with Crippen LogP contribution in [0.4, 0.5) is 4.39 Å². The van der Waals surface area contributed by atoms with Crippen LogP contribution >= 0.6 is 12.6 Å². The van der Waals surface area contributed by atoms with E-state index in [1.165, 1.54) is 18.2 Å². The van der Waals surface area contributed by atoms with Gasteiger partial charge in [0, 0.05) is 16.0 Å². The van der Waals surface area contributed by atoms with Crippen LogP contribution in [0, 0.1) is 11.2 Å². The summed E-state index contributed by atoms with van der Waals surface area (Å²) in [5.74, 6) is -0.626. The number of thiol groups is 1. The van der Waals surface area contributed by atoms with Gasteiger partial charge in [-0.1, -0.05) is 20.8 Å². The van der Waals surface area contributed by atoms with Gasteiger partial charge in [0.2, 0.25) is 0 Å². The average Bonchev–Trinajstić information content (AvgIpc) is 2.17. The summed E-state index contributed by atoms with van der Waals surface area (Å²) in [5, 5.41) is 2.98. The Bertz CT molecular complexity index is 478. The van der Waals surface area contributed by atoms with E-state index in [1.54, 1.807) is 0 Å². The number of hydrogen-bond donors (Lipinski definition) is 2. The SMILES string of the molecule is CC(C)(C)CC(C)(C)NC(=O)c1ccc(F)c(S)c1. The van der Waals surface area contributed by atoms with Crippen LogP contribution < -0.4 is 5.32 Å². The predicted molar refractivity (Wildman–Crippen MR) is 79.3 cm³/mol. The summed E-state index contributed by atoms with van der Waals surface area (Å²) in [5.41, 5.74) is 0.225. The van der Waals surface area contributed by atoms with Crippen molar-refractivity contribution in [1.82, 2.24) is 5.32 Å². The second-order valence-corrected chi connectivity index (χ2v) is 7.22. The van der Waals surface area contributed by atoms with Gasteiger partial charge in [0.1, 0.15) is 5.82 Å². The Labute approximate surface area is 120 Å². The van der Waals surface area contributed by atoms with Crippen LogP contribution in [-0.2, 0) is 0 Å². The molecular formula is C15H22FNOS. The summed E-state index contributed by atoms with van der Waals surface area (Å²) >= 11 is 3.99. The Balaban J connectivity index is 2.81. The first kappa shape index (κ1) is 16.0. The lowest BCUT2D eigenvalue weighted by Crippen LogP contribution is -2.45. The highest BCUT2D eigenvalue weighted by Gasteiger charge is 2.27. The van der Waals surface area contributed by atoms with E-state index < -0.39 is 5.82 Å². The highest BCUT2D eigenvalue weighted by Crippen LogP contribution is 2.27. The summed E-state index contributed by atoms with van der Waals surface area (Å²) in [4.78, 5) is 12.3. The fourth-order valence-corrected chi connectivity index (χ4v) is 2.62.